The second kappa shape index (κ2) is 5.07. The van der Waals surface area contributed by atoms with E-state index in [-0.39, 0.29) is 6.29 Å². The molecule has 0 saturated carbocycles. The number of hydrogen-bond donors (Lipinski definition) is 3. The van der Waals surface area contributed by atoms with Crippen molar-refractivity contribution in [2.24, 2.45) is 0 Å². The predicted octanol–water partition coefficient (Wildman–Crippen LogP) is -0.330. The SMILES string of the molecule is CCCN1C(NC)=CN(NC)C1NC. The minimum absolute atomic E-state index is 0.197. The van der Waals surface area contributed by atoms with Crippen LogP contribution in [0.25, 0.3) is 0 Å². The summed E-state index contributed by atoms with van der Waals surface area (Å²) in [6.07, 6.45) is 3.40. The van der Waals surface area contributed by atoms with Crippen LogP contribution in [0.3, 0.4) is 0 Å². The zero-order chi connectivity index (χ0) is 10.6. The average Bonchev–Trinajstić information content (AvgIpc) is 2.56. The van der Waals surface area contributed by atoms with Crippen molar-refractivity contribution in [1.29, 1.82) is 0 Å². The second-order valence-corrected chi connectivity index (χ2v) is 3.25. The Balaban J connectivity index is 2.73. The van der Waals surface area contributed by atoms with Crippen LogP contribution in [0.4, 0.5) is 0 Å². The van der Waals surface area contributed by atoms with Crippen LogP contribution in [0.15, 0.2) is 12.0 Å². The third kappa shape index (κ3) is 1.93. The van der Waals surface area contributed by atoms with Crippen LogP contribution in [0, 0.1) is 0 Å². The second-order valence-electron chi connectivity index (χ2n) is 3.25. The molecule has 82 valence electrons. The van der Waals surface area contributed by atoms with Crippen molar-refractivity contribution in [3.63, 3.8) is 0 Å². The molecule has 14 heavy (non-hydrogen) atoms. The number of rotatable bonds is 5. The van der Waals surface area contributed by atoms with E-state index in [4.69, 9.17) is 0 Å². The molecule has 1 unspecified atom stereocenters. The highest BCUT2D eigenvalue weighted by Crippen LogP contribution is 2.16. The Morgan fingerprint density at radius 2 is 2.07 bits per heavy atom. The van der Waals surface area contributed by atoms with Crippen molar-refractivity contribution in [3.8, 4) is 0 Å². The monoisotopic (exact) mass is 199 g/mol. The van der Waals surface area contributed by atoms with Gasteiger partial charge in [0.25, 0.3) is 0 Å². The topological polar surface area (TPSA) is 42.6 Å². The Kier molecular flexibility index (Phi) is 4.03. The van der Waals surface area contributed by atoms with E-state index in [9.17, 15) is 0 Å². The van der Waals surface area contributed by atoms with Crippen molar-refractivity contribution in [1.82, 2.24) is 26.0 Å². The molecular formula is C9H21N5. The van der Waals surface area contributed by atoms with Crippen LogP contribution in [0.5, 0.6) is 0 Å². The maximum absolute atomic E-state index is 3.26. The number of nitrogens with zero attached hydrogens (tertiary/aromatic N) is 2. The van der Waals surface area contributed by atoms with E-state index in [0.29, 0.717) is 0 Å². The van der Waals surface area contributed by atoms with Gasteiger partial charge in [-0.05, 0) is 13.5 Å². The third-order valence-electron chi connectivity index (χ3n) is 2.37. The quantitative estimate of drug-likeness (QED) is 0.566. The van der Waals surface area contributed by atoms with Gasteiger partial charge in [0, 0.05) is 20.6 Å². The van der Waals surface area contributed by atoms with E-state index in [1.165, 1.54) is 0 Å². The predicted molar refractivity (Wildman–Crippen MR) is 57.9 cm³/mol. The lowest BCUT2D eigenvalue weighted by Crippen LogP contribution is -2.53. The highest BCUT2D eigenvalue weighted by molar-refractivity contribution is 5.05. The molecule has 1 atom stereocenters. The van der Waals surface area contributed by atoms with Gasteiger partial charge in [-0.25, -0.2) is 5.43 Å². The molecule has 5 nitrogen and oxygen atoms in total. The average molecular weight is 199 g/mol. The molecule has 1 aliphatic rings. The molecule has 0 spiro atoms. The number of hydrazine groups is 1. The van der Waals surface area contributed by atoms with Crippen LogP contribution < -0.4 is 16.1 Å². The molecule has 0 aliphatic carbocycles. The molecule has 0 fully saturated rings. The molecule has 1 aliphatic heterocycles. The van der Waals surface area contributed by atoms with E-state index in [0.717, 1.165) is 18.8 Å². The highest BCUT2D eigenvalue weighted by atomic mass is 15.7. The van der Waals surface area contributed by atoms with Gasteiger partial charge in [0.05, 0.1) is 6.20 Å². The summed E-state index contributed by atoms with van der Waals surface area (Å²) in [4.78, 5) is 2.29. The van der Waals surface area contributed by atoms with E-state index < -0.39 is 0 Å². The smallest absolute Gasteiger partial charge is 0.172 e. The Bertz CT molecular complexity index is 203. The van der Waals surface area contributed by atoms with Crippen molar-refractivity contribution >= 4 is 0 Å². The lowest BCUT2D eigenvalue weighted by Gasteiger charge is -2.32. The summed E-state index contributed by atoms with van der Waals surface area (Å²) < 4.78 is 0. The van der Waals surface area contributed by atoms with Gasteiger partial charge in [-0.15, -0.1) is 0 Å². The number of nitrogens with one attached hydrogen (secondary N) is 3. The zero-order valence-corrected chi connectivity index (χ0v) is 9.46. The summed E-state index contributed by atoms with van der Waals surface area (Å²) in [6.45, 7) is 3.22. The first kappa shape index (κ1) is 11.1. The molecule has 1 heterocycles. The molecule has 0 amide bonds. The van der Waals surface area contributed by atoms with Gasteiger partial charge in [0.15, 0.2) is 6.29 Å². The van der Waals surface area contributed by atoms with Crippen LogP contribution in [0.2, 0.25) is 0 Å². The molecule has 0 aromatic heterocycles. The Hall–Kier alpha value is -0.940. The zero-order valence-electron chi connectivity index (χ0n) is 9.46. The highest BCUT2D eigenvalue weighted by Gasteiger charge is 2.28. The maximum Gasteiger partial charge on any atom is 0.172 e. The number of hydrogen-bond acceptors (Lipinski definition) is 5. The summed E-state index contributed by atoms with van der Waals surface area (Å²) in [7, 11) is 5.83. The first-order valence-corrected chi connectivity index (χ1v) is 5.07. The van der Waals surface area contributed by atoms with Crippen LogP contribution >= 0.6 is 0 Å². The first-order chi connectivity index (χ1) is 6.78. The molecule has 0 saturated heterocycles. The van der Waals surface area contributed by atoms with E-state index in [2.05, 4.69) is 34.1 Å². The summed E-state index contributed by atoms with van der Waals surface area (Å²) in [6, 6.07) is 0. The van der Waals surface area contributed by atoms with Crippen LogP contribution in [-0.4, -0.2) is 43.9 Å². The molecule has 1 rings (SSSR count). The standard InChI is InChI=1S/C9H21N5/c1-5-6-13-8(10-2)7-14(12-4)9(13)11-3/h7,9-12H,5-6H2,1-4H3. The third-order valence-corrected chi connectivity index (χ3v) is 2.37. The van der Waals surface area contributed by atoms with E-state index >= 15 is 0 Å². The Morgan fingerprint density at radius 1 is 1.36 bits per heavy atom. The van der Waals surface area contributed by atoms with Crippen molar-refractivity contribution in [3.05, 3.63) is 12.0 Å². The van der Waals surface area contributed by atoms with Gasteiger partial charge in [-0.1, -0.05) is 6.92 Å². The van der Waals surface area contributed by atoms with Gasteiger partial charge in [0.1, 0.15) is 5.82 Å². The fourth-order valence-corrected chi connectivity index (χ4v) is 1.73. The minimum atomic E-state index is 0.197. The van der Waals surface area contributed by atoms with Gasteiger partial charge in [-0.2, -0.15) is 0 Å². The van der Waals surface area contributed by atoms with Crippen LogP contribution in [-0.2, 0) is 0 Å². The molecule has 0 bridgehead atoms. The Morgan fingerprint density at radius 3 is 2.50 bits per heavy atom. The van der Waals surface area contributed by atoms with Crippen molar-refractivity contribution < 1.29 is 0 Å². The maximum atomic E-state index is 3.26. The van der Waals surface area contributed by atoms with Gasteiger partial charge in [-0.3, -0.25) is 10.3 Å². The van der Waals surface area contributed by atoms with E-state index in [1.807, 2.05) is 26.2 Å². The summed E-state index contributed by atoms with van der Waals surface area (Å²) in [5.74, 6) is 1.14. The van der Waals surface area contributed by atoms with Crippen LogP contribution in [0.1, 0.15) is 13.3 Å². The summed E-state index contributed by atoms with van der Waals surface area (Å²) >= 11 is 0. The molecule has 5 heteroatoms. The van der Waals surface area contributed by atoms with Crippen molar-refractivity contribution in [2.45, 2.75) is 19.6 Å². The molecule has 0 aromatic rings. The lowest BCUT2D eigenvalue weighted by atomic mass is 10.4. The molecule has 3 N–H and O–H groups in total. The fourth-order valence-electron chi connectivity index (χ4n) is 1.73. The van der Waals surface area contributed by atoms with E-state index in [1.54, 1.807) is 0 Å². The first-order valence-electron chi connectivity index (χ1n) is 5.07. The lowest BCUT2D eigenvalue weighted by molar-refractivity contribution is 0.0853. The van der Waals surface area contributed by atoms with Gasteiger partial charge >= 0.3 is 0 Å². The minimum Gasteiger partial charge on any atom is -0.373 e. The van der Waals surface area contributed by atoms with Crippen molar-refractivity contribution in [2.75, 3.05) is 27.7 Å². The summed E-state index contributed by atoms with van der Waals surface area (Å²) in [5.41, 5.74) is 3.13. The van der Waals surface area contributed by atoms with Gasteiger partial charge in [0.2, 0.25) is 0 Å². The normalized spacial score (nSPS) is 21.4. The summed E-state index contributed by atoms with van der Waals surface area (Å²) in [5, 5.41) is 8.50. The molecule has 0 aromatic carbocycles. The largest absolute Gasteiger partial charge is 0.373 e. The molecular weight excluding hydrogens is 178 g/mol. The van der Waals surface area contributed by atoms with Gasteiger partial charge < -0.3 is 10.2 Å². The molecule has 0 radical (unpaired) electrons. The fraction of sp³-hybridized carbons (Fsp3) is 0.778. The Labute approximate surface area is 86.1 Å².